The van der Waals surface area contributed by atoms with Crippen molar-refractivity contribution in [2.24, 2.45) is 40.1 Å². The van der Waals surface area contributed by atoms with Crippen molar-refractivity contribution in [1.29, 1.82) is 0 Å². The van der Waals surface area contributed by atoms with Gasteiger partial charge in [0.1, 0.15) is 6.04 Å². The highest BCUT2D eigenvalue weighted by Crippen LogP contribution is 2.17. The molecule has 0 saturated heterocycles. The van der Waals surface area contributed by atoms with Crippen LogP contribution in [0, 0.1) is 23.7 Å². The molecule has 0 heterocycles. The van der Waals surface area contributed by atoms with Gasteiger partial charge in [-0.3, -0.25) is 9.79 Å². The van der Waals surface area contributed by atoms with Gasteiger partial charge >= 0.3 is 5.97 Å². The molecule has 9 heteroatoms. The lowest BCUT2D eigenvalue weighted by molar-refractivity contribution is -0.143. The van der Waals surface area contributed by atoms with Crippen LogP contribution in [-0.2, 0) is 9.59 Å². The molecule has 1 amide bonds. The fourth-order valence-corrected chi connectivity index (χ4v) is 3.71. The summed E-state index contributed by atoms with van der Waals surface area (Å²) in [7, 11) is 0. The Hall–Kier alpha value is -2.91. The van der Waals surface area contributed by atoms with E-state index in [1.807, 2.05) is 12.2 Å². The zero-order valence-corrected chi connectivity index (χ0v) is 23.5. The number of hydrogen-bond donors (Lipinski definition) is 6. The summed E-state index contributed by atoms with van der Waals surface area (Å²) in [6.07, 6.45) is 18.6. The Labute approximate surface area is 228 Å². The number of nitrogens with two attached hydrogens (primary N) is 2. The maximum Gasteiger partial charge on any atom is 0.326 e. The van der Waals surface area contributed by atoms with Gasteiger partial charge in [-0.1, -0.05) is 82.7 Å². The average molecular weight is 535 g/mol. The van der Waals surface area contributed by atoms with Gasteiger partial charge < -0.3 is 32.1 Å². The minimum atomic E-state index is -1.26. The molecule has 0 saturated carbocycles. The highest BCUT2D eigenvalue weighted by molar-refractivity contribution is 5.85. The maximum atomic E-state index is 12.5. The third-order valence-corrected chi connectivity index (χ3v) is 6.26. The summed E-state index contributed by atoms with van der Waals surface area (Å²) >= 11 is 0. The number of nitrogens with one attached hydrogen (secondary N) is 1. The van der Waals surface area contributed by atoms with Crippen molar-refractivity contribution in [2.45, 2.75) is 78.4 Å². The van der Waals surface area contributed by atoms with Gasteiger partial charge in [0.15, 0.2) is 5.96 Å². The van der Waals surface area contributed by atoms with Gasteiger partial charge in [0.2, 0.25) is 5.91 Å². The second-order valence-corrected chi connectivity index (χ2v) is 10.0. The van der Waals surface area contributed by atoms with Crippen LogP contribution in [0.1, 0.15) is 66.2 Å². The molecule has 0 aliphatic heterocycles. The van der Waals surface area contributed by atoms with E-state index in [0.29, 0.717) is 37.1 Å². The molecule has 0 aromatic carbocycles. The molecule has 6 atom stereocenters. The fourth-order valence-electron chi connectivity index (χ4n) is 3.71. The Morgan fingerprint density at radius 1 is 0.974 bits per heavy atom. The summed E-state index contributed by atoms with van der Waals surface area (Å²) < 4.78 is 0. The molecule has 0 unspecified atom stereocenters. The molecule has 0 radical (unpaired) electrons. The minimum Gasteiger partial charge on any atom is -0.480 e. The molecular formula is C29H50N4O5. The first-order valence-electron chi connectivity index (χ1n) is 13.6. The predicted octanol–water partition coefficient (Wildman–Crippen LogP) is 3.29. The molecule has 8 N–H and O–H groups in total. The number of hydrogen-bond acceptors (Lipinski definition) is 5. The summed E-state index contributed by atoms with van der Waals surface area (Å²) in [5, 5.41) is 31.8. The number of aliphatic hydroxyl groups excluding tert-OH is 2. The third kappa shape index (κ3) is 17.5. The second-order valence-electron chi connectivity index (χ2n) is 10.0. The monoisotopic (exact) mass is 534 g/mol. The molecule has 0 fully saturated rings. The summed E-state index contributed by atoms with van der Waals surface area (Å²) in [6, 6.07) is -1.14. The van der Waals surface area contributed by atoms with Gasteiger partial charge in [-0.2, -0.15) is 0 Å². The zero-order chi connectivity index (χ0) is 28.9. The topological polar surface area (TPSA) is 171 Å². The van der Waals surface area contributed by atoms with E-state index in [1.54, 1.807) is 6.08 Å². The Kier molecular flexibility index (Phi) is 19.5. The van der Waals surface area contributed by atoms with Crippen LogP contribution in [0.3, 0.4) is 0 Å². The van der Waals surface area contributed by atoms with Gasteiger partial charge in [0, 0.05) is 6.54 Å². The lowest BCUT2D eigenvalue weighted by Gasteiger charge is -2.21. The number of amides is 1. The Bertz CT molecular complexity index is 818. The third-order valence-electron chi connectivity index (χ3n) is 6.26. The first-order valence-corrected chi connectivity index (χ1v) is 13.6. The number of rotatable bonds is 20. The first kappa shape index (κ1) is 35.1. The molecule has 0 aliphatic carbocycles. The van der Waals surface area contributed by atoms with E-state index in [9.17, 15) is 24.9 Å². The molecule has 0 aromatic heterocycles. The number of carbonyl (C=O) groups is 2. The van der Waals surface area contributed by atoms with E-state index in [2.05, 4.69) is 62.3 Å². The second kappa shape index (κ2) is 21.1. The van der Waals surface area contributed by atoms with Crippen molar-refractivity contribution in [1.82, 2.24) is 5.32 Å². The normalized spacial score (nSPS) is 17.0. The molecule has 216 valence electrons. The highest BCUT2D eigenvalue weighted by atomic mass is 16.4. The molecular weight excluding hydrogens is 484 g/mol. The molecule has 9 nitrogen and oxygen atoms in total. The zero-order valence-electron chi connectivity index (χ0n) is 23.5. The van der Waals surface area contributed by atoms with Crippen LogP contribution in [0.4, 0.5) is 0 Å². The summed E-state index contributed by atoms with van der Waals surface area (Å²) in [4.78, 5) is 27.9. The van der Waals surface area contributed by atoms with Crippen molar-refractivity contribution < 1.29 is 24.9 Å². The maximum absolute atomic E-state index is 12.5. The van der Waals surface area contributed by atoms with Gasteiger partial charge in [-0.15, -0.1) is 0 Å². The lowest BCUT2D eigenvalue weighted by atomic mass is 9.94. The van der Waals surface area contributed by atoms with Gasteiger partial charge in [0.25, 0.3) is 0 Å². The van der Waals surface area contributed by atoms with Crippen LogP contribution < -0.4 is 16.8 Å². The number of carboxylic acid groups (broad SMARTS) is 1. The van der Waals surface area contributed by atoms with Crippen molar-refractivity contribution in [3.05, 3.63) is 48.6 Å². The van der Waals surface area contributed by atoms with E-state index >= 15 is 0 Å². The largest absolute Gasteiger partial charge is 0.480 e. The predicted molar refractivity (Wildman–Crippen MR) is 154 cm³/mol. The molecule has 0 bridgehead atoms. The number of aliphatic carboxylic acids is 1. The Balaban J connectivity index is 4.67. The van der Waals surface area contributed by atoms with E-state index in [1.165, 1.54) is 6.08 Å². The van der Waals surface area contributed by atoms with E-state index in [0.717, 1.165) is 19.3 Å². The van der Waals surface area contributed by atoms with Crippen LogP contribution in [0.2, 0.25) is 0 Å². The van der Waals surface area contributed by atoms with Crippen LogP contribution in [0.15, 0.2) is 53.6 Å². The SMILES string of the molecule is CC[C@H](C)/C=C/C=C/C[C@H](C)C[C@H](C)/C=C/C=C/[C@H](O)[C@@H](CO)C(=O)N[C@H](CCCCN=C(N)N)C(=O)O. The number of aliphatic hydroxyl groups is 2. The van der Waals surface area contributed by atoms with Crippen LogP contribution >= 0.6 is 0 Å². The summed E-state index contributed by atoms with van der Waals surface area (Å²) in [5.41, 5.74) is 10.5. The summed E-state index contributed by atoms with van der Waals surface area (Å²) in [5.74, 6) is -1.68. The van der Waals surface area contributed by atoms with Crippen molar-refractivity contribution >= 4 is 17.8 Å². The molecule has 0 rings (SSSR count). The molecule has 0 aliphatic rings. The number of nitrogens with zero attached hydrogens (tertiary/aromatic N) is 1. The quantitative estimate of drug-likeness (QED) is 0.0602. The van der Waals surface area contributed by atoms with Crippen LogP contribution in [0.5, 0.6) is 0 Å². The van der Waals surface area contributed by atoms with E-state index in [-0.39, 0.29) is 12.4 Å². The first-order chi connectivity index (χ1) is 18.0. The van der Waals surface area contributed by atoms with Crippen molar-refractivity contribution in [2.75, 3.05) is 13.2 Å². The van der Waals surface area contributed by atoms with Crippen molar-refractivity contribution in [3.8, 4) is 0 Å². The van der Waals surface area contributed by atoms with Gasteiger partial charge in [0.05, 0.1) is 18.6 Å². The molecule has 0 spiro atoms. The highest BCUT2D eigenvalue weighted by Gasteiger charge is 2.28. The standard InChI is InChI=1S/C29H50N4O5/c1-5-21(2)13-7-6-8-14-22(3)19-23(4)15-9-10-17-26(35)24(20-34)27(36)33-25(28(37)38)16-11-12-18-32-29(30)31/h6-10,13,15,17,21-26,34-35H,5,11-12,14,16,18-20H2,1-4H3,(H,33,36)(H,37,38)(H4,30,31,32)/b8-6+,13-7+,15-9+,17-10+/t21-,22-,23+,24+,25+,26-/m0/s1. The van der Waals surface area contributed by atoms with E-state index in [4.69, 9.17) is 11.5 Å². The number of allylic oxidation sites excluding steroid dienone is 7. The van der Waals surface area contributed by atoms with Crippen LogP contribution in [0.25, 0.3) is 0 Å². The smallest absolute Gasteiger partial charge is 0.326 e. The molecule has 0 aromatic rings. The average Bonchev–Trinajstić information content (AvgIpc) is 2.85. The number of unbranched alkanes of at least 4 members (excludes halogenated alkanes) is 1. The summed E-state index contributed by atoms with van der Waals surface area (Å²) in [6.45, 7) is 8.45. The number of carboxylic acids is 1. The Morgan fingerprint density at radius 2 is 1.61 bits per heavy atom. The number of carbonyl (C=O) groups excluding carboxylic acids is 1. The van der Waals surface area contributed by atoms with Gasteiger partial charge in [-0.25, -0.2) is 4.79 Å². The van der Waals surface area contributed by atoms with E-state index < -0.39 is 36.5 Å². The van der Waals surface area contributed by atoms with Crippen molar-refractivity contribution in [3.63, 3.8) is 0 Å². The minimum absolute atomic E-state index is 0.0340. The van der Waals surface area contributed by atoms with Crippen LogP contribution in [-0.4, -0.2) is 58.5 Å². The van der Waals surface area contributed by atoms with Gasteiger partial charge in [-0.05, 0) is 49.9 Å². The lowest BCUT2D eigenvalue weighted by Crippen LogP contribution is -2.47. The molecule has 38 heavy (non-hydrogen) atoms. The fraction of sp³-hybridized carbons (Fsp3) is 0.621. The number of guanidine groups is 1. The Morgan fingerprint density at radius 3 is 2.21 bits per heavy atom. The number of aliphatic imine (C=N–C) groups is 1.